The summed E-state index contributed by atoms with van der Waals surface area (Å²) in [7, 11) is 0. The standard InChI is InChI=1S/C32H36O6/c1-4-5-9-18-35-25-13-14-26(30(19-25)36-21-23-10-7-6-8-11-23)28(34)22-37-31-24(20-33)12-15-29-27(31)16-17-32(2,3)38-29/h6-8,10-17,19,33H,4-5,9,18,20-22H2,1-3H3. The van der Waals surface area contributed by atoms with Crippen LogP contribution in [0.5, 0.6) is 23.0 Å². The van der Waals surface area contributed by atoms with Crippen molar-refractivity contribution in [2.45, 2.75) is 58.8 Å². The quantitative estimate of drug-likeness (QED) is 0.200. The van der Waals surface area contributed by atoms with Crippen molar-refractivity contribution in [3.8, 4) is 23.0 Å². The number of ketones is 1. The molecule has 6 heteroatoms. The van der Waals surface area contributed by atoms with E-state index >= 15 is 0 Å². The number of aliphatic hydroxyl groups excluding tert-OH is 1. The van der Waals surface area contributed by atoms with Crippen LogP contribution in [-0.4, -0.2) is 29.7 Å². The molecule has 0 atom stereocenters. The number of ether oxygens (including phenoxy) is 4. The highest BCUT2D eigenvalue weighted by molar-refractivity contribution is 6.00. The molecule has 0 saturated carbocycles. The predicted molar refractivity (Wildman–Crippen MR) is 148 cm³/mol. The van der Waals surface area contributed by atoms with E-state index in [9.17, 15) is 9.90 Å². The lowest BCUT2D eigenvalue weighted by atomic mass is 9.99. The lowest BCUT2D eigenvalue weighted by Gasteiger charge is -2.29. The third kappa shape index (κ3) is 6.95. The summed E-state index contributed by atoms with van der Waals surface area (Å²) in [6, 6.07) is 18.6. The van der Waals surface area contributed by atoms with Crippen LogP contribution in [0.15, 0.2) is 66.7 Å². The van der Waals surface area contributed by atoms with Crippen molar-refractivity contribution in [3.63, 3.8) is 0 Å². The maximum atomic E-state index is 13.4. The summed E-state index contributed by atoms with van der Waals surface area (Å²) < 4.78 is 24.1. The highest BCUT2D eigenvalue weighted by Gasteiger charge is 2.26. The maximum absolute atomic E-state index is 13.4. The molecule has 4 rings (SSSR count). The number of benzene rings is 3. The van der Waals surface area contributed by atoms with Gasteiger partial charge in [-0.05, 0) is 62.2 Å². The van der Waals surface area contributed by atoms with Crippen LogP contribution >= 0.6 is 0 Å². The average Bonchev–Trinajstić information content (AvgIpc) is 2.92. The molecule has 0 radical (unpaired) electrons. The number of unbranched alkanes of at least 4 members (excludes halogenated alkanes) is 2. The molecule has 1 aliphatic rings. The van der Waals surface area contributed by atoms with Crippen LogP contribution in [0.2, 0.25) is 0 Å². The van der Waals surface area contributed by atoms with E-state index in [1.807, 2.05) is 62.4 Å². The fourth-order valence-corrected chi connectivity index (χ4v) is 4.20. The summed E-state index contributed by atoms with van der Waals surface area (Å²) >= 11 is 0. The Hall–Kier alpha value is -3.77. The molecule has 0 bridgehead atoms. The smallest absolute Gasteiger partial charge is 0.203 e. The van der Waals surface area contributed by atoms with E-state index in [1.165, 1.54) is 0 Å². The maximum Gasteiger partial charge on any atom is 0.203 e. The Balaban J connectivity index is 1.54. The van der Waals surface area contributed by atoms with Crippen molar-refractivity contribution in [2.75, 3.05) is 13.2 Å². The van der Waals surface area contributed by atoms with Gasteiger partial charge in [0.1, 0.15) is 35.2 Å². The first-order chi connectivity index (χ1) is 18.4. The van der Waals surface area contributed by atoms with Gasteiger partial charge in [-0.15, -0.1) is 0 Å². The van der Waals surface area contributed by atoms with Crippen LogP contribution in [-0.2, 0) is 13.2 Å². The molecule has 0 amide bonds. The van der Waals surface area contributed by atoms with Crippen molar-refractivity contribution in [2.24, 2.45) is 0 Å². The topological polar surface area (TPSA) is 74.2 Å². The van der Waals surface area contributed by atoms with E-state index in [4.69, 9.17) is 18.9 Å². The molecule has 0 saturated heterocycles. The Morgan fingerprint density at radius 1 is 0.974 bits per heavy atom. The molecule has 1 aliphatic heterocycles. The SMILES string of the molecule is CCCCCOc1ccc(C(=O)COc2c(CO)ccc3c2C=CC(C)(C)O3)c(OCc2ccccc2)c1. The number of aliphatic hydroxyl groups is 1. The number of Topliss-reactive ketones (excluding diaryl/α,β-unsaturated/α-hetero) is 1. The van der Waals surface area contributed by atoms with E-state index in [0.29, 0.717) is 52.9 Å². The van der Waals surface area contributed by atoms with Crippen molar-refractivity contribution in [3.05, 3.63) is 89.0 Å². The van der Waals surface area contributed by atoms with Crippen LogP contribution in [0.1, 0.15) is 67.1 Å². The molecule has 6 nitrogen and oxygen atoms in total. The molecular weight excluding hydrogens is 480 g/mol. The van der Waals surface area contributed by atoms with Gasteiger partial charge in [0.05, 0.1) is 24.3 Å². The fourth-order valence-electron chi connectivity index (χ4n) is 4.20. The van der Waals surface area contributed by atoms with Crippen molar-refractivity contribution < 1.29 is 28.8 Å². The van der Waals surface area contributed by atoms with Gasteiger partial charge in [-0.25, -0.2) is 0 Å². The minimum Gasteiger partial charge on any atom is -0.493 e. The van der Waals surface area contributed by atoms with Gasteiger partial charge < -0.3 is 24.1 Å². The van der Waals surface area contributed by atoms with Gasteiger partial charge in [0.25, 0.3) is 0 Å². The molecule has 0 fully saturated rings. The number of carbonyl (C=O) groups is 1. The zero-order valence-corrected chi connectivity index (χ0v) is 22.4. The summed E-state index contributed by atoms with van der Waals surface area (Å²) in [4.78, 5) is 13.4. The zero-order chi connectivity index (χ0) is 27.0. The molecule has 0 aromatic heterocycles. The minimum absolute atomic E-state index is 0.219. The molecule has 200 valence electrons. The summed E-state index contributed by atoms with van der Waals surface area (Å²) in [5.41, 5.74) is 2.24. The van der Waals surface area contributed by atoms with Crippen LogP contribution in [0.3, 0.4) is 0 Å². The molecular formula is C32H36O6. The molecule has 1 heterocycles. The Morgan fingerprint density at radius 3 is 2.55 bits per heavy atom. The molecule has 0 spiro atoms. The Bertz CT molecular complexity index is 1260. The highest BCUT2D eigenvalue weighted by Crippen LogP contribution is 2.39. The molecule has 1 N–H and O–H groups in total. The second-order valence-corrected chi connectivity index (χ2v) is 9.86. The summed E-state index contributed by atoms with van der Waals surface area (Å²) in [6.07, 6.45) is 7.03. The molecule has 0 unspecified atom stereocenters. The summed E-state index contributed by atoms with van der Waals surface area (Å²) in [6.45, 7) is 6.56. The second kappa shape index (κ2) is 12.7. The Morgan fingerprint density at radius 2 is 1.79 bits per heavy atom. The van der Waals surface area contributed by atoms with Crippen LogP contribution in [0.4, 0.5) is 0 Å². The van der Waals surface area contributed by atoms with Gasteiger partial charge in [-0.1, -0.05) is 50.1 Å². The van der Waals surface area contributed by atoms with E-state index in [0.717, 1.165) is 24.8 Å². The third-order valence-electron chi connectivity index (χ3n) is 6.29. The first-order valence-electron chi connectivity index (χ1n) is 13.1. The lowest BCUT2D eigenvalue weighted by molar-refractivity contribution is 0.0913. The molecule has 3 aromatic rings. The van der Waals surface area contributed by atoms with E-state index in [-0.39, 0.29) is 19.0 Å². The van der Waals surface area contributed by atoms with Gasteiger partial charge >= 0.3 is 0 Å². The first kappa shape index (κ1) is 27.3. The molecule has 38 heavy (non-hydrogen) atoms. The largest absolute Gasteiger partial charge is 0.493 e. The second-order valence-electron chi connectivity index (χ2n) is 9.86. The minimum atomic E-state index is -0.452. The lowest BCUT2D eigenvalue weighted by Crippen LogP contribution is -2.27. The zero-order valence-electron chi connectivity index (χ0n) is 22.4. The summed E-state index contributed by atoms with van der Waals surface area (Å²) in [5, 5.41) is 9.90. The normalized spacial score (nSPS) is 13.4. The van der Waals surface area contributed by atoms with Crippen LogP contribution in [0.25, 0.3) is 6.08 Å². The van der Waals surface area contributed by atoms with Gasteiger partial charge in [-0.3, -0.25) is 4.79 Å². The molecule has 3 aromatic carbocycles. The van der Waals surface area contributed by atoms with Crippen molar-refractivity contribution in [1.82, 2.24) is 0 Å². The van der Waals surface area contributed by atoms with Crippen LogP contribution in [0, 0.1) is 0 Å². The van der Waals surface area contributed by atoms with E-state index in [2.05, 4.69) is 6.92 Å². The van der Waals surface area contributed by atoms with Gasteiger partial charge in [0, 0.05) is 11.6 Å². The van der Waals surface area contributed by atoms with Gasteiger partial charge in [0.15, 0.2) is 6.61 Å². The molecule has 0 aliphatic carbocycles. The summed E-state index contributed by atoms with van der Waals surface area (Å²) in [5.74, 6) is 1.94. The van der Waals surface area contributed by atoms with Crippen molar-refractivity contribution >= 4 is 11.9 Å². The Labute approximate surface area is 224 Å². The fraction of sp³-hybridized carbons (Fsp3) is 0.344. The number of hydrogen-bond donors (Lipinski definition) is 1. The van der Waals surface area contributed by atoms with E-state index in [1.54, 1.807) is 24.3 Å². The van der Waals surface area contributed by atoms with Gasteiger partial charge in [-0.2, -0.15) is 0 Å². The number of fused-ring (bicyclic) bond motifs is 1. The number of carbonyl (C=O) groups excluding carboxylic acids is 1. The number of hydrogen-bond acceptors (Lipinski definition) is 6. The predicted octanol–water partition coefficient (Wildman–Crippen LogP) is 6.77. The van der Waals surface area contributed by atoms with Gasteiger partial charge in [0.2, 0.25) is 5.78 Å². The Kier molecular flexibility index (Phi) is 9.08. The highest BCUT2D eigenvalue weighted by atomic mass is 16.5. The van der Waals surface area contributed by atoms with E-state index < -0.39 is 5.60 Å². The van der Waals surface area contributed by atoms with Crippen molar-refractivity contribution in [1.29, 1.82) is 0 Å². The average molecular weight is 517 g/mol. The first-order valence-corrected chi connectivity index (χ1v) is 13.1. The monoisotopic (exact) mass is 516 g/mol. The third-order valence-corrected chi connectivity index (χ3v) is 6.29. The van der Waals surface area contributed by atoms with Crippen LogP contribution < -0.4 is 18.9 Å². The number of rotatable bonds is 13.